The third-order valence-corrected chi connectivity index (χ3v) is 6.03. The van der Waals surface area contributed by atoms with Gasteiger partial charge in [0.25, 0.3) is 0 Å². The Morgan fingerprint density at radius 2 is 1.71 bits per heavy atom. The van der Waals surface area contributed by atoms with Crippen molar-refractivity contribution in [3.05, 3.63) is 0 Å². The van der Waals surface area contributed by atoms with Gasteiger partial charge in [0.15, 0.2) is 0 Å². The van der Waals surface area contributed by atoms with Crippen molar-refractivity contribution in [2.24, 2.45) is 41.4 Å². The van der Waals surface area contributed by atoms with Crippen LogP contribution in [0.5, 0.6) is 0 Å². The van der Waals surface area contributed by atoms with Crippen molar-refractivity contribution >= 4 is 0 Å². The Morgan fingerprint density at radius 1 is 1.00 bits per heavy atom. The van der Waals surface area contributed by atoms with Crippen LogP contribution in [0.1, 0.15) is 66.7 Å². The lowest BCUT2D eigenvalue weighted by molar-refractivity contribution is 0.0671. The van der Waals surface area contributed by atoms with Crippen molar-refractivity contribution in [2.75, 3.05) is 0 Å². The molecule has 100 valence electrons. The van der Waals surface area contributed by atoms with Crippen LogP contribution < -0.4 is 0 Å². The maximum absolute atomic E-state index is 2.51. The van der Waals surface area contributed by atoms with Gasteiger partial charge in [-0.1, -0.05) is 41.0 Å². The predicted molar refractivity (Wildman–Crippen MR) is 75.9 cm³/mol. The molecule has 0 amide bonds. The van der Waals surface area contributed by atoms with Crippen LogP contribution in [0.15, 0.2) is 0 Å². The molecule has 0 bridgehead atoms. The summed E-state index contributed by atoms with van der Waals surface area (Å²) in [5.41, 5.74) is 0. The second-order valence-corrected chi connectivity index (χ2v) is 7.53. The van der Waals surface area contributed by atoms with Gasteiger partial charge in [-0.3, -0.25) is 0 Å². The first-order chi connectivity index (χ1) is 8.02. The minimum Gasteiger partial charge on any atom is -0.0651 e. The smallest absolute Gasteiger partial charge is 0.0352 e. The van der Waals surface area contributed by atoms with E-state index in [4.69, 9.17) is 0 Å². The lowest BCUT2D eigenvalue weighted by Gasteiger charge is -2.43. The van der Waals surface area contributed by atoms with Crippen molar-refractivity contribution < 1.29 is 0 Å². The Bertz CT molecular complexity index is 242. The largest absolute Gasteiger partial charge is 0.0651 e. The second kappa shape index (κ2) is 5.33. The zero-order valence-corrected chi connectivity index (χ0v) is 12.6. The standard InChI is InChI=1S/C17H32/c1-6-13(5)16-10-14(11(2)3)9-15-7-12(4)8-17(15)16/h11-17H,6-10H2,1-5H3. The molecule has 0 heteroatoms. The van der Waals surface area contributed by atoms with Crippen LogP contribution in [-0.2, 0) is 0 Å². The summed E-state index contributed by atoms with van der Waals surface area (Å²) >= 11 is 0. The van der Waals surface area contributed by atoms with Crippen molar-refractivity contribution in [2.45, 2.75) is 66.7 Å². The molecule has 2 rings (SSSR count). The lowest BCUT2D eigenvalue weighted by atomic mass is 9.62. The van der Waals surface area contributed by atoms with E-state index in [9.17, 15) is 0 Å². The van der Waals surface area contributed by atoms with Crippen LogP contribution in [0.25, 0.3) is 0 Å². The van der Waals surface area contributed by atoms with E-state index in [2.05, 4.69) is 34.6 Å². The summed E-state index contributed by atoms with van der Waals surface area (Å²) in [6.07, 6.45) is 7.51. The average molecular weight is 236 g/mol. The fraction of sp³-hybridized carbons (Fsp3) is 1.00. The van der Waals surface area contributed by atoms with Crippen LogP contribution in [-0.4, -0.2) is 0 Å². The Labute approximate surface area is 109 Å². The second-order valence-electron chi connectivity index (χ2n) is 7.53. The van der Waals surface area contributed by atoms with Crippen LogP contribution in [0, 0.1) is 41.4 Å². The van der Waals surface area contributed by atoms with E-state index in [1.54, 1.807) is 6.42 Å². The fourth-order valence-corrected chi connectivity index (χ4v) is 4.75. The van der Waals surface area contributed by atoms with E-state index in [1.807, 2.05) is 0 Å². The normalized spacial score (nSPS) is 43.8. The predicted octanol–water partition coefficient (Wildman–Crippen LogP) is 5.38. The van der Waals surface area contributed by atoms with Crippen LogP contribution in [0.3, 0.4) is 0 Å². The van der Waals surface area contributed by atoms with E-state index in [1.165, 1.54) is 25.7 Å². The van der Waals surface area contributed by atoms with Gasteiger partial charge in [0, 0.05) is 0 Å². The molecule has 0 heterocycles. The molecule has 0 aromatic heterocycles. The highest BCUT2D eigenvalue weighted by molar-refractivity contribution is 4.94. The molecule has 2 aliphatic rings. The highest BCUT2D eigenvalue weighted by atomic mass is 14.5. The van der Waals surface area contributed by atoms with Crippen molar-refractivity contribution in [1.29, 1.82) is 0 Å². The van der Waals surface area contributed by atoms with Gasteiger partial charge >= 0.3 is 0 Å². The Balaban J connectivity index is 2.11. The molecular weight excluding hydrogens is 204 g/mol. The number of rotatable bonds is 3. The molecular formula is C17H32. The zero-order chi connectivity index (χ0) is 12.6. The summed E-state index contributed by atoms with van der Waals surface area (Å²) in [7, 11) is 0. The summed E-state index contributed by atoms with van der Waals surface area (Å²) in [6, 6.07) is 0. The maximum atomic E-state index is 2.51. The summed E-state index contributed by atoms with van der Waals surface area (Å²) in [5.74, 6) is 7.06. The van der Waals surface area contributed by atoms with Crippen LogP contribution in [0.4, 0.5) is 0 Å². The van der Waals surface area contributed by atoms with E-state index in [0.717, 1.165) is 41.4 Å². The number of hydrogen-bond acceptors (Lipinski definition) is 0. The molecule has 0 radical (unpaired) electrons. The van der Waals surface area contributed by atoms with Gasteiger partial charge in [0.2, 0.25) is 0 Å². The minimum atomic E-state index is 0.901. The molecule has 0 spiro atoms. The first-order valence-electron chi connectivity index (χ1n) is 8.02. The Hall–Kier alpha value is 0. The topological polar surface area (TPSA) is 0 Å². The molecule has 6 unspecified atom stereocenters. The first-order valence-corrected chi connectivity index (χ1v) is 8.02. The summed E-state index contributed by atoms with van der Waals surface area (Å²) < 4.78 is 0. The Morgan fingerprint density at radius 3 is 2.29 bits per heavy atom. The van der Waals surface area contributed by atoms with Crippen molar-refractivity contribution in [3.63, 3.8) is 0 Å². The van der Waals surface area contributed by atoms with Gasteiger partial charge in [0.1, 0.15) is 0 Å². The molecule has 2 aliphatic carbocycles. The highest BCUT2D eigenvalue weighted by Gasteiger charge is 2.44. The molecule has 2 saturated carbocycles. The molecule has 0 nitrogen and oxygen atoms in total. The monoisotopic (exact) mass is 236 g/mol. The quantitative estimate of drug-likeness (QED) is 0.617. The third kappa shape index (κ3) is 2.71. The molecule has 17 heavy (non-hydrogen) atoms. The molecule has 0 aromatic rings. The number of hydrogen-bond donors (Lipinski definition) is 0. The SMILES string of the molecule is CCC(C)C1CC(C(C)C)CC2CC(C)CC21. The van der Waals surface area contributed by atoms with Gasteiger partial charge in [-0.2, -0.15) is 0 Å². The van der Waals surface area contributed by atoms with E-state index in [0.29, 0.717) is 0 Å². The van der Waals surface area contributed by atoms with E-state index in [-0.39, 0.29) is 0 Å². The molecule has 6 atom stereocenters. The first kappa shape index (κ1) is 13.4. The molecule has 2 fully saturated rings. The van der Waals surface area contributed by atoms with Gasteiger partial charge in [0.05, 0.1) is 0 Å². The average Bonchev–Trinajstić information content (AvgIpc) is 2.66. The molecule has 0 saturated heterocycles. The van der Waals surface area contributed by atoms with Crippen LogP contribution >= 0.6 is 0 Å². The van der Waals surface area contributed by atoms with Crippen LogP contribution in [0.2, 0.25) is 0 Å². The highest BCUT2D eigenvalue weighted by Crippen LogP contribution is 2.53. The third-order valence-electron chi connectivity index (χ3n) is 6.03. The van der Waals surface area contributed by atoms with Crippen molar-refractivity contribution in [3.8, 4) is 0 Å². The molecule has 0 N–H and O–H groups in total. The summed E-state index contributed by atoms with van der Waals surface area (Å²) in [6.45, 7) is 12.3. The lowest BCUT2D eigenvalue weighted by Crippen LogP contribution is -2.35. The van der Waals surface area contributed by atoms with E-state index < -0.39 is 0 Å². The van der Waals surface area contributed by atoms with Gasteiger partial charge in [-0.15, -0.1) is 0 Å². The molecule has 0 aliphatic heterocycles. The van der Waals surface area contributed by atoms with Crippen molar-refractivity contribution in [1.82, 2.24) is 0 Å². The van der Waals surface area contributed by atoms with E-state index >= 15 is 0 Å². The Kier molecular flexibility index (Phi) is 4.21. The fourth-order valence-electron chi connectivity index (χ4n) is 4.75. The van der Waals surface area contributed by atoms with Gasteiger partial charge in [-0.25, -0.2) is 0 Å². The molecule has 0 aromatic carbocycles. The van der Waals surface area contributed by atoms with Gasteiger partial charge in [-0.05, 0) is 67.1 Å². The maximum Gasteiger partial charge on any atom is -0.0352 e. The summed E-state index contributed by atoms with van der Waals surface area (Å²) in [4.78, 5) is 0. The summed E-state index contributed by atoms with van der Waals surface area (Å²) in [5, 5.41) is 0. The number of fused-ring (bicyclic) bond motifs is 1. The zero-order valence-electron chi connectivity index (χ0n) is 12.6. The van der Waals surface area contributed by atoms with Gasteiger partial charge < -0.3 is 0 Å². The minimum absolute atomic E-state index is 0.901.